The smallest absolute Gasteiger partial charge is 0.146 e. The highest BCUT2D eigenvalue weighted by Gasteiger charge is 2.41. The maximum atomic E-state index is 11.1. The van der Waals surface area contributed by atoms with Crippen LogP contribution in [0.1, 0.15) is 66.0 Å². The van der Waals surface area contributed by atoms with Crippen LogP contribution in [0.2, 0.25) is 5.02 Å². The predicted molar refractivity (Wildman–Crippen MR) is 121 cm³/mol. The molecule has 1 aliphatic carbocycles. The topological polar surface area (TPSA) is 88.4 Å². The van der Waals surface area contributed by atoms with Gasteiger partial charge in [-0.3, -0.25) is 0 Å². The summed E-state index contributed by atoms with van der Waals surface area (Å²) in [6.45, 7) is 1.60. The van der Waals surface area contributed by atoms with Crippen LogP contribution in [0.5, 0.6) is 5.75 Å². The van der Waals surface area contributed by atoms with Crippen LogP contribution in [0, 0.1) is 4.91 Å². The zero-order valence-corrected chi connectivity index (χ0v) is 18.8. The molecule has 1 saturated heterocycles. The van der Waals surface area contributed by atoms with Gasteiger partial charge in [0.2, 0.25) is 0 Å². The second-order valence-electron chi connectivity index (χ2n) is 9.32. The van der Waals surface area contributed by atoms with Gasteiger partial charge in [-0.1, -0.05) is 41.0 Å². The van der Waals surface area contributed by atoms with Gasteiger partial charge in [0, 0.05) is 24.0 Å². The van der Waals surface area contributed by atoms with E-state index in [1.54, 1.807) is 0 Å². The van der Waals surface area contributed by atoms with Crippen LogP contribution in [0.3, 0.4) is 0 Å². The van der Waals surface area contributed by atoms with E-state index >= 15 is 0 Å². The molecule has 170 valence electrons. The Bertz CT molecular complexity index is 1010. The zero-order valence-electron chi connectivity index (χ0n) is 18.0. The lowest BCUT2D eigenvalue weighted by atomic mass is 9.89. The Labute approximate surface area is 192 Å². The van der Waals surface area contributed by atoms with Crippen molar-refractivity contribution in [2.24, 2.45) is 5.18 Å². The zero-order chi connectivity index (χ0) is 22.4. The van der Waals surface area contributed by atoms with Crippen LogP contribution in [0.4, 0.5) is 0 Å². The first-order chi connectivity index (χ1) is 15.5. The Morgan fingerprint density at radius 3 is 2.62 bits per heavy atom. The first-order valence-electron chi connectivity index (χ1n) is 11.3. The van der Waals surface area contributed by atoms with Crippen LogP contribution < -0.4 is 4.74 Å². The number of hydrogen-bond donors (Lipinski definition) is 2. The summed E-state index contributed by atoms with van der Waals surface area (Å²) in [7, 11) is 0. The van der Waals surface area contributed by atoms with E-state index in [0.29, 0.717) is 23.6 Å². The largest absolute Gasteiger partial charge is 0.490 e. The molecule has 2 aliphatic heterocycles. The van der Waals surface area contributed by atoms with Crippen molar-refractivity contribution < 1.29 is 19.7 Å². The van der Waals surface area contributed by atoms with Crippen molar-refractivity contribution in [3.63, 3.8) is 0 Å². The van der Waals surface area contributed by atoms with E-state index in [1.807, 2.05) is 13.0 Å². The lowest BCUT2D eigenvalue weighted by Gasteiger charge is -2.36. The van der Waals surface area contributed by atoms with Crippen LogP contribution in [-0.2, 0) is 17.6 Å². The average Bonchev–Trinajstić information content (AvgIpc) is 3.56. The van der Waals surface area contributed by atoms with Gasteiger partial charge in [0.05, 0.1) is 23.8 Å². The first kappa shape index (κ1) is 21.8. The van der Waals surface area contributed by atoms with Gasteiger partial charge in [0.25, 0.3) is 0 Å². The number of hydrogen-bond acceptors (Lipinski definition) is 6. The molecule has 2 N–H and O–H groups in total. The highest BCUT2D eigenvalue weighted by Crippen LogP contribution is 2.46. The molecule has 4 unspecified atom stereocenters. The maximum Gasteiger partial charge on any atom is 0.146 e. The first-order valence-corrected chi connectivity index (χ1v) is 11.7. The molecule has 5 atom stereocenters. The minimum atomic E-state index is -0.994. The third-order valence-corrected chi connectivity index (χ3v) is 7.34. The van der Waals surface area contributed by atoms with Gasteiger partial charge >= 0.3 is 0 Å². The molecule has 0 bridgehead atoms. The quantitative estimate of drug-likeness (QED) is 0.625. The van der Waals surface area contributed by atoms with E-state index in [2.05, 4.69) is 29.4 Å². The normalized spacial score (nSPS) is 29.4. The van der Waals surface area contributed by atoms with E-state index < -0.39 is 31.0 Å². The summed E-state index contributed by atoms with van der Waals surface area (Å²) in [6, 6.07) is 9.76. The summed E-state index contributed by atoms with van der Waals surface area (Å²) in [5.41, 5.74) is 5.31. The molecule has 2 aromatic carbocycles. The number of nitrogens with zero attached hydrogens (tertiary/aromatic N) is 1. The Hall–Kier alpha value is -1.99. The molecule has 1 saturated carbocycles. The Balaban J connectivity index is 1.48. The molecule has 3 aliphatic rings. The van der Waals surface area contributed by atoms with Crippen molar-refractivity contribution in [1.29, 1.82) is 0 Å². The number of fused-ring (bicyclic) bond motifs is 1. The third kappa shape index (κ3) is 4.05. The predicted octanol–water partition coefficient (Wildman–Crippen LogP) is 4.45. The molecule has 7 heteroatoms. The second-order valence-corrected chi connectivity index (χ2v) is 9.69. The second kappa shape index (κ2) is 8.75. The summed E-state index contributed by atoms with van der Waals surface area (Å²) in [4.78, 5) is 11.1. The molecule has 32 heavy (non-hydrogen) atoms. The number of halogens is 1. The maximum absolute atomic E-state index is 11.1. The minimum absolute atomic E-state index is 0.0131. The fourth-order valence-corrected chi connectivity index (χ4v) is 5.28. The van der Waals surface area contributed by atoms with E-state index in [-0.39, 0.29) is 12.5 Å². The molecule has 0 spiro atoms. The van der Waals surface area contributed by atoms with Crippen molar-refractivity contribution >= 4 is 11.6 Å². The number of nitroso groups, excluding NO2 is 1. The number of ether oxygens (including phenoxy) is 2. The number of benzene rings is 2. The van der Waals surface area contributed by atoms with Crippen LogP contribution >= 0.6 is 11.6 Å². The molecular formula is C25H28ClNO5. The van der Waals surface area contributed by atoms with E-state index in [1.165, 1.54) is 24.0 Å². The van der Waals surface area contributed by atoms with Crippen LogP contribution in [-0.4, -0.2) is 41.2 Å². The van der Waals surface area contributed by atoms with Gasteiger partial charge in [-0.15, -0.1) is 0 Å². The van der Waals surface area contributed by atoms with Crippen LogP contribution in [0.15, 0.2) is 35.5 Å². The number of aliphatic hydroxyl groups is 2. The van der Waals surface area contributed by atoms with Gasteiger partial charge in [-0.2, -0.15) is 4.91 Å². The molecule has 6 nitrogen and oxygen atoms in total. The molecule has 0 radical (unpaired) electrons. The Morgan fingerprint density at radius 1 is 1.22 bits per heavy atom. The summed E-state index contributed by atoms with van der Waals surface area (Å²) in [6.07, 6.45) is 1.75. The summed E-state index contributed by atoms with van der Waals surface area (Å²) < 4.78 is 12.1. The molecule has 5 rings (SSSR count). The lowest BCUT2D eigenvalue weighted by Crippen LogP contribution is -2.46. The van der Waals surface area contributed by atoms with Gasteiger partial charge < -0.3 is 19.7 Å². The van der Waals surface area contributed by atoms with E-state index in [0.717, 1.165) is 22.6 Å². The fraction of sp³-hybridized carbons (Fsp3) is 0.520. The van der Waals surface area contributed by atoms with Gasteiger partial charge in [-0.25, -0.2) is 0 Å². The minimum Gasteiger partial charge on any atom is -0.490 e. The Kier molecular flexibility index (Phi) is 5.97. The van der Waals surface area contributed by atoms with Crippen molar-refractivity contribution in [3.05, 3.63) is 68.1 Å². The molecule has 2 aromatic rings. The lowest BCUT2D eigenvalue weighted by molar-refractivity contribution is -0.126. The van der Waals surface area contributed by atoms with Crippen molar-refractivity contribution in [2.75, 3.05) is 6.61 Å². The summed E-state index contributed by atoms with van der Waals surface area (Å²) in [5, 5.41) is 23.8. The van der Waals surface area contributed by atoms with E-state index in [4.69, 9.17) is 21.1 Å². The Morgan fingerprint density at radius 2 is 1.97 bits per heavy atom. The van der Waals surface area contributed by atoms with Crippen molar-refractivity contribution in [2.45, 2.75) is 75.4 Å². The highest BCUT2D eigenvalue weighted by atomic mass is 35.5. The molecule has 2 heterocycles. The molecule has 0 amide bonds. The standard InChI is InChI=1S/C25H28ClNO5/c1-13-8-19-23(26)17(9-14-2-4-15(5-3-14)16-6-7-16)10-18(25(19)31-13)21-11-20(29)24(27-30)22(12-28)32-21/h2-5,10,13,16,20-22,24,28-29H,6-9,11-12H2,1H3/t13?,20?,21?,22?,24-/m0/s1. The summed E-state index contributed by atoms with van der Waals surface area (Å²) >= 11 is 6.84. The SMILES string of the molecule is CC1Cc2c(Cl)c(Cc3ccc(C4CC4)cc3)cc(C3CC(O)[C@H](N=O)C(CO)O3)c2O1. The number of aliphatic hydroxyl groups excluding tert-OH is 2. The molecule has 2 fully saturated rings. The van der Waals surface area contributed by atoms with E-state index in [9.17, 15) is 15.1 Å². The number of rotatable bonds is 6. The fourth-order valence-electron chi connectivity index (χ4n) is 4.99. The third-order valence-electron chi connectivity index (χ3n) is 6.86. The summed E-state index contributed by atoms with van der Waals surface area (Å²) in [5.74, 6) is 1.42. The van der Waals surface area contributed by atoms with Crippen molar-refractivity contribution in [3.8, 4) is 5.75 Å². The molecular weight excluding hydrogens is 430 g/mol. The van der Waals surface area contributed by atoms with Gasteiger partial charge in [0.15, 0.2) is 0 Å². The molecule has 0 aromatic heterocycles. The van der Waals surface area contributed by atoms with Gasteiger partial charge in [-0.05, 0) is 54.9 Å². The highest BCUT2D eigenvalue weighted by molar-refractivity contribution is 6.32. The van der Waals surface area contributed by atoms with Gasteiger partial charge in [0.1, 0.15) is 24.0 Å². The average molecular weight is 458 g/mol. The monoisotopic (exact) mass is 457 g/mol. The van der Waals surface area contributed by atoms with Crippen molar-refractivity contribution in [1.82, 2.24) is 0 Å². The van der Waals surface area contributed by atoms with Crippen LogP contribution in [0.25, 0.3) is 0 Å².